The Hall–Kier alpha value is -1.31. The Morgan fingerprint density at radius 2 is 1.19 bits per heavy atom. The molecule has 0 unspecified atom stereocenters. The lowest BCUT2D eigenvalue weighted by molar-refractivity contribution is 0.960. The quantitative estimate of drug-likeness (QED) is 0.844. The van der Waals surface area contributed by atoms with Crippen LogP contribution in [-0.4, -0.2) is 0 Å². The molecule has 2 rings (SSSR count). The Labute approximate surface area is 102 Å². The van der Waals surface area contributed by atoms with E-state index < -0.39 is 0 Å². The Morgan fingerprint density at radius 1 is 0.688 bits per heavy atom. The average molecular weight is 234 g/mol. The van der Waals surface area contributed by atoms with Crippen LogP contribution in [0.25, 0.3) is 0 Å². The summed E-state index contributed by atoms with van der Waals surface area (Å²) in [6, 6.07) is 18.6. The highest BCUT2D eigenvalue weighted by Crippen LogP contribution is 2.11. The molecule has 0 fully saturated rings. The third kappa shape index (κ3) is 3.69. The normalized spacial score (nSPS) is 9.56. The fourth-order valence-electron chi connectivity index (χ4n) is 1.58. The van der Waals surface area contributed by atoms with Gasteiger partial charge >= 0.3 is 0 Å². The first-order valence-corrected chi connectivity index (χ1v) is 5.51. The predicted octanol–water partition coefficient (Wildman–Crippen LogP) is 4.29. The van der Waals surface area contributed by atoms with E-state index in [2.05, 4.69) is 36.4 Å². The maximum atomic E-state index is 5.83. The predicted molar refractivity (Wildman–Crippen MR) is 70.3 cm³/mol. The van der Waals surface area contributed by atoms with Gasteiger partial charge in [0.1, 0.15) is 0 Å². The summed E-state index contributed by atoms with van der Waals surface area (Å²) < 4.78 is 0. The molecule has 0 amide bonds. The lowest BCUT2D eigenvalue weighted by Gasteiger charge is -2.01. The molecule has 0 aliphatic carbocycles. The molecule has 0 spiro atoms. The van der Waals surface area contributed by atoms with Crippen molar-refractivity contribution in [2.75, 3.05) is 0 Å². The van der Waals surface area contributed by atoms with Crippen molar-refractivity contribution in [1.29, 1.82) is 0 Å². The molecule has 3 N–H and O–H groups in total. The summed E-state index contributed by atoms with van der Waals surface area (Å²) in [5, 5.41) is 0.804. The summed E-state index contributed by atoms with van der Waals surface area (Å²) in [6.45, 7) is 0. The number of aryl methyl sites for hydroxylation is 2. The van der Waals surface area contributed by atoms with Crippen LogP contribution < -0.4 is 6.15 Å². The molecule has 0 aliphatic heterocycles. The molecule has 1 nitrogen and oxygen atoms in total. The summed E-state index contributed by atoms with van der Waals surface area (Å²) in [5.41, 5.74) is 2.72. The van der Waals surface area contributed by atoms with Crippen LogP contribution in [0.15, 0.2) is 54.6 Å². The van der Waals surface area contributed by atoms with Gasteiger partial charge in [-0.1, -0.05) is 54.1 Å². The Kier molecular flexibility index (Phi) is 5.03. The second kappa shape index (κ2) is 6.31. The summed E-state index contributed by atoms with van der Waals surface area (Å²) >= 11 is 5.83. The van der Waals surface area contributed by atoms with Crippen molar-refractivity contribution in [1.82, 2.24) is 6.15 Å². The topological polar surface area (TPSA) is 35.0 Å². The molecule has 0 heterocycles. The van der Waals surface area contributed by atoms with Crippen LogP contribution in [0.2, 0.25) is 5.02 Å². The van der Waals surface area contributed by atoms with Gasteiger partial charge in [-0.3, -0.25) is 0 Å². The van der Waals surface area contributed by atoms with Crippen molar-refractivity contribution in [2.45, 2.75) is 12.8 Å². The van der Waals surface area contributed by atoms with Crippen LogP contribution in [0.3, 0.4) is 0 Å². The molecule has 0 radical (unpaired) electrons. The Morgan fingerprint density at radius 3 is 1.75 bits per heavy atom. The molecular weight excluding hydrogens is 218 g/mol. The smallest absolute Gasteiger partial charge is 0.0406 e. The Bertz CT molecular complexity index is 409. The maximum Gasteiger partial charge on any atom is 0.0406 e. The SMILES string of the molecule is Clc1ccc(CCc2ccccc2)cc1.N. The zero-order valence-corrected chi connectivity index (χ0v) is 9.95. The Balaban J connectivity index is 0.00000128. The van der Waals surface area contributed by atoms with Gasteiger partial charge in [-0.2, -0.15) is 0 Å². The summed E-state index contributed by atoms with van der Waals surface area (Å²) in [6.07, 6.45) is 2.16. The van der Waals surface area contributed by atoms with Gasteiger partial charge in [0.2, 0.25) is 0 Å². The number of hydrogen-bond acceptors (Lipinski definition) is 1. The fraction of sp³-hybridized carbons (Fsp3) is 0.143. The first kappa shape index (κ1) is 12.8. The van der Waals surface area contributed by atoms with Crippen LogP contribution in [-0.2, 0) is 12.8 Å². The number of benzene rings is 2. The molecule has 2 aromatic carbocycles. The van der Waals surface area contributed by atoms with Gasteiger partial charge in [0, 0.05) is 5.02 Å². The molecule has 84 valence electrons. The zero-order valence-electron chi connectivity index (χ0n) is 9.20. The van der Waals surface area contributed by atoms with Crippen LogP contribution in [0.5, 0.6) is 0 Å². The lowest BCUT2D eigenvalue weighted by atomic mass is 10.0. The van der Waals surface area contributed by atoms with E-state index in [-0.39, 0.29) is 6.15 Å². The summed E-state index contributed by atoms with van der Waals surface area (Å²) in [4.78, 5) is 0. The van der Waals surface area contributed by atoms with Gasteiger partial charge in [0.25, 0.3) is 0 Å². The number of halogens is 1. The molecule has 2 heteroatoms. The van der Waals surface area contributed by atoms with Crippen molar-refractivity contribution >= 4 is 11.6 Å². The van der Waals surface area contributed by atoms with E-state index in [9.17, 15) is 0 Å². The molecule has 0 bridgehead atoms. The third-order valence-electron chi connectivity index (χ3n) is 2.46. The summed E-state index contributed by atoms with van der Waals surface area (Å²) in [5.74, 6) is 0. The monoisotopic (exact) mass is 233 g/mol. The third-order valence-corrected chi connectivity index (χ3v) is 2.71. The summed E-state index contributed by atoms with van der Waals surface area (Å²) in [7, 11) is 0. The van der Waals surface area contributed by atoms with Crippen molar-refractivity contribution in [3.63, 3.8) is 0 Å². The number of hydrogen-bond donors (Lipinski definition) is 1. The highest BCUT2D eigenvalue weighted by molar-refractivity contribution is 6.30. The van der Waals surface area contributed by atoms with E-state index in [0.29, 0.717) is 0 Å². The highest BCUT2D eigenvalue weighted by Gasteiger charge is 1.95. The van der Waals surface area contributed by atoms with E-state index in [1.807, 2.05) is 18.2 Å². The van der Waals surface area contributed by atoms with Crippen LogP contribution in [0.4, 0.5) is 0 Å². The first-order valence-electron chi connectivity index (χ1n) is 5.13. The van der Waals surface area contributed by atoms with Gasteiger partial charge in [0.05, 0.1) is 0 Å². The van der Waals surface area contributed by atoms with E-state index in [1.54, 1.807) is 0 Å². The lowest BCUT2D eigenvalue weighted by Crippen LogP contribution is -1.90. The minimum atomic E-state index is 0. The molecular formula is C14H16ClN. The average Bonchev–Trinajstić information content (AvgIpc) is 2.30. The van der Waals surface area contributed by atoms with Crippen molar-refractivity contribution in [3.05, 3.63) is 70.7 Å². The molecule has 0 saturated heterocycles. The van der Waals surface area contributed by atoms with Crippen molar-refractivity contribution < 1.29 is 0 Å². The fourth-order valence-corrected chi connectivity index (χ4v) is 1.71. The molecule has 16 heavy (non-hydrogen) atoms. The molecule has 0 saturated carbocycles. The van der Waals surface area contributed by atoms with Gasteiger partial charge in [-0.15, -0.1) is 0 Å². The number of rotatable bonds is 3. The minimum Gasteiger partial charge on any atom is -0.344 e. The van der Waals surface area contributed by atoms with Crippen molar-refractivity contribution in [3.8, 4) is 0 Å². The molecule has 2 aromatic rings. The van der Waals surface area contributed by atoms with E-state index in [1.165, 1.54) is 11.1 Å². The van der Waals surface area contributed by atoms with E-state index in [0.717, 1.165) is 17.9 Å². The maximum absolute atomic E-state index is 5.83. The molecule has 0 atom stereocenters. The van der Waals surface area contributed by atoms with Crippen LogP contribution in [0.1, 0.15) is 11.1 Å². The van der Waals surface area contributed by atoms with Gasteiger partial charge in [-0.25, -0.2) is 0 Å². The largest absolute Gasteiger partial charge is 0.344 e. The van der Waals surface area contributed by atoms with E-state index in [4.69, 9.17) is 11.6 Å². The highest BCUT2D eigenvalue weighted by atomic mass is 35.5. The zero-order chi connectivity index (χ0) is 10.5. The second-order valence-corrected chi connectivity index (χ2v) is 4.05. The van der Waals surface area contributed by atoms with Gasteiger partial charge < -0.3 is 6.15 Å². The first-order chi connectivity index (χ1) is 7.34. The van der Waals surface area contributed by atoms with E-state index >= 15 is 0 Å². The standard InChI is InChI=1S/C14H13Cl.H3N/c15-14-10-8-13(9-11-14)7-6-12-4-2-1-3-5-12;/h1-5,8-11H,6-7H2;1H3. The molecule has 0 aliphatic rings. The van der Waals surface area contributed by atoms with Gasteiger partial charge in [0.15, 0.2) is 0 Å². The second-order valence-electron chi connectivity index (χ2n) is 3.61. The van der Waals surface area contributed by atoms with Crippen molar-refractivity contribution in [2.24, 2.45) is 0 Å². The molecule has 0 aromatic heterocycles. The van der Waals surface area contributed by atoms with Crippen LogP contribution in [0, 0.1) is 0 Å². The van der Waals surface area contributed by atoms with Crippen LogP contribution >= 0.6 is 11.6 Å². The minimum absolute atomic E-state index is 0. The van der Waals surface area contributed by atoms with Gasteiger partial charge in [-0.05, 0) is 36.1 Å².